The van der Waals surface area contributed by atoms with Crippen LogP contribution >= 0.6 is 0 Å². The molecular formula is C15H23NO2. The summed E-state index contributed by atoms with van der Waals surface area (Å²) in [7, 11) is 1.78. The standard InChI is InChI=1S/C15H23NO2/c1-12-5-6-14(13(9-12)10-17)16-8-4-7-15(2,11-16)18-3/h5-6,9,17H,4,7-8,10-11H2,1-3H3. The first kappa shape index (κ1) is 13.4. The fourth-order valence-electron chi connectivity index (χ4n) is 2.73. The molecule has 1 atom stereocenters. The molecule has 0 bridgehead atoms. The van der Waals surface area contributed by atoms with Crippen molar-refractivity contribution in [3.63, 3.8) is 0 Å². The molecule has 1 aromatic carbocycles. The van der Waals surface area contributed by atoms with E-state index in [0.717, 1.165) is 37.2 Å². The van der Waals surface area contributed by atoms with Gasteiger partial charge >= 0.3 is 0 Å². The Balaban J connectivity index is 2.25. The van der Waals surface area contributed by atoms with Crippen molar-refractivity contribution in [3.8, 4) is 0 Å². The number of piperidine rings is 1. The first-order valence-corrected chi connectivity index (χ1v) is 6.58. The Morgan fingerprint density at radius 2 is 2.22 bits per heavy atom. The van der Waals surface area contributed by atoms with E-state index < -0.39 is 0 Å². The van der Waals surface area contributed by atoms with Crippen molar-refractivity contribution in [3.05, 3.63) is 29.3 Å². The first-order valence-electron chi connectivity index (χ1n) is 6.58. The van der Waals surface area contributed by atoms with E-state index in [0.29, 0.717) is 0 Å². The van der Waals surface area contributed by atoms with Crippen molar-refractivity contribution >= 4 is 5.69 Å². The van der Waals surface area contributed by atoms with E-state index in [-0.39, 0.29) is 12.2 Å². The average Bonchev–Trinajstić information content (AvgIpc) is 2.38. The average molecular weight is 249 g/mol. The lowest BCUT2D eigenvalue weighted by molar-refractivity contribution is -0.00472. The number of rotatable bonds is 3. The number of aliphatic hydroxyl groups excluding tert-OH is 1. The van der Waals surface area contributed by atoms with Crippen LogP contribution in [0.1, 0.15) is 30.9 Å². The summed E-state index contributed by atoms with van der Waals surface area (Å²) in [5, 5.41) is 9.50. The molecule has 18 heavy (non-hydrogen) atoms. The van der Waals surface area contributed by atoms with Gasteiger partial charge in [0, 0.05) is 31.5 Å². The van der Waals surface area contributed by atoms with Gasteiger partial charge in [-0.1, -0.05) is 17.7 Å². The molecule has 1 saturated heterocycles. The van der Waals surface area contributed by atoms with Crippen molar-refractivity contribution < 1.29 is 9.84 Å². The van der Waals surface area contributed by atoms with Gasteiger partial charge in [0.05, 0.1) is 12.2 Å². The monoisotopic (exact) mass is 249 g/mol. The molecule has 0 amide bonds. The van der Waals surface area contributed by atoms with Crippen LogP contribution in [-0.2, 0) is 11.3 Å². The number of aliphatic hydroxyl groups is 1. The van der Waals surface area contributed by atoms with Crippen LogP contribution in [0.25, 0.3) is 0 Å². The Bertz CT molecular complexity index is 419. The highest BCUT2D eigenvalue weighted by molar-refractivity contribution is 5.55. The third kappa shape index (κ3) is 2.68. The minimum Gasteiger partial charge on any atom is -0.392 e. The van der Waals surface area contributed by atoms with Crippen LogP contribution in [0.4, 0.5) is 5.69 Å². The molecule has 0 aliphatic carbocycles. The molecule has 1 unspecified atom stereocenters. The second-order valence-corrected chi connectivity index (χ2v) is 5.47. The number of benzene rings is 1. The maximum Gasteiger partial charge on any atom is 0.0825 e. The third-order valence-corrected chi connectivity index (χ3v) is 3.90. The molecule has 1 N–H and O–H groups in total. The molecule has 0 radical (unpaired) electrons. The van der Waals surface area contributed by atoms with E-state index >= 15 is 0 Å². The molecule has 3 heteroatoms. The van der Waals surface area contributed by atoms with Crippen molar-refractivity contribution in [2.75, 3.05) is 25.1 Å². The Morgan fingerprint density at radius 1 is 1.44 bits per heavy atom. The molecule has 0 saturated carbocycles. The Kier molecular flexibility index (Phi) is 3.93. The summed E-state index contributed by atoms with van der Waals surface area (Å²) in [5.41, 5.74) is 3.27. The lowest BCUT2D eigenvalue weighted by Gasteiger charge is -2.41. The zero-order chi connectivity index (χ0) is 13.2. The number of aryl methyl sites for hydroxylation is 1. The topological polar surface area (TPSA) is 32.7 Å². The van der Waals surface area contributed by atoms with Crippen LogP contribution in [0.2, 0.25) is 0 Å². The number of nitrogens with zero attached hydrogens (tertiary/aromatic N) is 1. The zero-order valence-electron chi connectivity index (χ0n) is 11.6. The van der Waals surface area contributed by atoms with Gasteiger partial charge in [-0.05, 0) is 32.8 Å². The lowest BCUT2D eigenvalue weighted by atomic mass is 9.93. The van der Waals surface area contributed by atoms with Crippen LogP contribution in [0.5, 0.6) is 0 Å². The fourth-order valence-corrected chi connectivity index (χ4v) is 2.73. The molecule has 1 aliphatic heterocycles. The van der Waals surface area contributed by atoms with E-state index in [1.807, 2.05) is 0 Å². The smallest absolute Gasteiger partial charge is 0.0825 e. The maximum absolute atomic E-state index is 9.50. The van der Waals surface area contributed by atoms with Gasteiger partial charge in [-0.25, -0.2) is 0 Å². The predicted molar refractivity (Wildman–Crippen MR) is 74.0 cm³/mol. The Labute approximate surface area is 109 Å². The number of hydrogen-bond donors (Lipinski definition) is 1. The first-order chi connectivity index (χ1) is 8.58. The maximum atomic E-state index is 9.50. The van der Waals surface area contributed by atoms with Gasteiger partial charge in [-0.2, -0.15) is 0 Å². The van der Waals surface area contributed by atoms with Crippen molar-refractivity contribution in [2.24, 2.45) is 0 Å². The Hall–Kier alpha value is -1.06. The molecular weight excluding hydrogens is 226 g/mol. The summed E-state index contributed by atoms with van der Waals surface area (Å²) >= 11 is 0. The molecule has 1 fully saturated rings. The van der Waals surface area contributed by atoms with Gasteiger partial charge in [0.2, 0.25) is 0 Å². The molecule has 2 rings (SSSR count). The van der Waals surface area contributed by atoms with E-state index in [9.17, 15) is 5.11 Å². The van der Waals surface area contributed by atoms with E-state index in [4.69, 9.17) is 4.74 Å². The van der Waals surface area contributed by atoms with Crippen LogP contribution in [0.3, 0.4) is 0 Å². The van der Waals surface area contributed by atoms with Crippen LogP contribution < -0.4 is 4.90 Å². The number of hydrogen-bond acceptors (Lipinski definition) is 3. The molecule has 0 aromatic heterocycles. The second kappa shape index (κ2) is 5.29. The molecule has 1 aromatic rings. The molecule has 1 heterocycles. The summed E-state index contributed by atoms with van der Waals surface area (Å²) in [4.78, 5) is 2.33. The Morgan fingerprint density at radius 3 is 2.89 bits per heavy atom. The van der Waals surface area contributed by atoms with Gasteiger partial charge in [-0.15, -0.1) is 0 Å². The summed E-state index contributed by atoms with van der Waals surface area (Å²) in [6.07, 6.45) is 2.23. The number of anilines is 1. The van der Waals surface area contributed by atoms with Gasteiger partial charge in [-0.3, -0.25) is 0 Å². The van der Waals surface area contributed by atoms with Crippen LogP contribution in [0, 0.1) is 6.92 Å². The summed E-state index contributed by atoms with van der Waals surface area (Å²) in [6.45, 7) is 6.23. The van der Waals surface area contributed by atoms with Gasteiger partial charge in [0.1, 0.15) is 0 Å². The van der Waals surface area contributed by atoms with Gasteiger partial charge in [0.25, 0.3) is 0 Å². The zero-order valence-corrected chi connectivity index (χ0v) is 11.6. The highest BCUT2D eigenvalue weighted by Gasteiger charge is 2.31. The second-order valence-electron chi connectivity index (χ2n) is 5.47. The number of ether oxygens (including phenoxy) is 1. The summed E-state index contributed by atoms with van der Waals surface area (Å²) in [5.74, 6) is 0. The van der Waals surface area contributed by atoms with Gasteiger partial charge in [0.15, 0.2) is 0 Å². The van der Waals surface area contributed by atoms with E-state index in [1.165, 1.54) is 5.56 Å². The van der Waals surface area contributed by atoms with Gasteiger partial charge < -0.3 is 14.7 Å². The quantitative estimate of drug-likeness (QED) is 0.893. The van der Waals surface area contributed by atoms with E-state index in [2.05, 4.69) is 36.9 Å². The molecule has 1 aliphatic rings. The minimum absolute atomic E-state index is 0.0735. The summed E-state index contributed by atoms with van der Waals surface area (Å²) in [6, 6.07) is 6.28. The molecule has 0 spiro atoms. The van der Waals surface area contributed by atoms with Crippen molar-refractivity contribution in [2.45, 2.75) is 38.9 Å². The van der Waals surface area contributed by atoms with Crippen LogP contribution in [0.15, 0.2) is 18.2 Å². The van der Waals surface area contributed by atoms with Crippen molar-refractivity contribution in [1.29, 1.82) is 0 Å². The number of methoxy groups -OCH3 is 1. The molecule has 100 valence electrons. The fraction of sp³-hybridized carbons (Fsp3) is 0.600. The highest BCUT2D eigenvalue weighted by atomic mass is 16.5. The summed E-state index contributed by atoms with van der Waals surface area (Å²) < 4.78 is 5.62. The predicted octanol–water partition coefficient (Wildman–Crippen LogP) is 2.49. The normalized spacial score (nSPS) is 24.3. The highest BCUT2D eigenvalue weighted by Crippen LogP contribution is 2.30. The largest absolute Gasteiger partial charge is 0.392 e. The third-order valence-electron chi connectivity index (χ3n) is 3.90. The van der Waals surface area contributed by atoms with Crippen molar-refractivity contribution in [1.82, 2.24) is 0 Å². The lowest BCUT2D eigenvalue weighted by Crippen LogP contribution is -2.47. The minimum atomic E-state index is -0.0735. The SMILES string of the molecule is COC1(C)CCCN(c2ccc(C)cc2CO)C1. The molecule has 3 nitrogen and oxygen atoms in total. The van der Waals surface area contributed by atoms with E-state index in [1.54, 1.807) is 7.11 Å². The van der Waals surface area contributed by atoms with Crippen LogP contribution in [-0.4, -0.2) is 30.9 Å².